The Balaban J connectivity index is 0.961. The van der Waals surface area contributed by atoms with Gasteiger partial charge in [0.1, 0.15) is 23.7 Å². The molecule has 0 aliphatic carbocycles. The molecule has 6 bridgehead atoms. The van der Waals surface area contributed by atoms with Crippen LogP contribution in [0.4, 0.5) is 0 Å². The summed E-state index contributed by atoms with van der Waals surface area (Å²) < 4.78 is 106. The Kier molecular flexibility index (Phi) is 50.9. The topological polar surface area (TPSA) is 597 Å². The highest BCUT2D eigenvalue weighted by atomic mass is 16.8. The van der Waals surface area contributed by atoms with E-state index in [9.17, 15) is 81.5 Å². The number of fused-ring (bicyclic) bond motifs is 6. The van der Waals surface area contributed by atoms with Crippen LogP contribution in [-0.4, -0.2) is 340 Å². The Labute approximate surface area is 780 Å². The Morgan fingerprint density at radius 2 is 0.537 bits per heavy atom. The first-order chi connectivity index (χ1) is 64.0. The molecule has 134 heavy (non-hydrogen) atoms. The van der Waals surface area contributed by atoms with E-state index in [2.05, 4.69) is 53.2 Å². The number of rotatable bonds is 69. The monoisotopic (exact) mass is 1910 g/mol. The predicted octanol–water partition coefficient (Wildman–Crippen LogP) is -0.0445. The van der Waals surface area contributed by atoms with Crippen LogP contribution in [0.3, 0.4) is 0 Å². The predicted molar refractivity (Wildman–Crippen MR) is 464 cm³/mol. The van der Waals surface area contributed by atoms with Gasteiger partial charge in [-0.15, -0.1) is 0 Å². The molecule has 0 aromatic rings. The van der Waals surface area contributed by atoms with Gasteiger partial charge in [-0.3, -0.25) is 81.5 Å². The average Bonchev–Trinajstić information content (AvgIpc) is 1.59. The van der Waals surface area contributed by atoms with Crippen LogP contribution < -0.4 is 53.2 Å². The van der Waals surface area contributed by atoms with Crippen molar-refractivity contribution in [3.05, 3.63) is 0 Å². The van der Waals surface area contributed by atoms with Crippen molar-refractivity contribution in [3.8, 4) is 0 Å². The molecular formula is C88H142N10O36. The number of unbranched alkanes of at least 4 members (excludes halogenated alkanes) is 10. The summed E-state index contributed by atoms with van der Waals surface area (Å²) in [7, 11) is 0. The minimum absolute atomic E-state index is 0.0955. The lowest BCUT2D eigenvalue weighted by Gasteiger charge is -2.45. The highest BCUT2D eigenvalue weighted by Crippen LogP contribution is 2.44. The third-order valence-electron chi connectivity index (χ3n) is 22.2. The number of hydrogen-bond acceptors (Lipinski definition) is 35. The molecule has 0 unspecified atom stereocenters. The van der Waals surface area contributed by atoms with Crippen LogP contribution in [-0.2, 0) is 167 Å². The normalized spacial score (nSPS) is 24.0. The third-order valence-corrected chi connectivity index (χ3v) is 22.2. The molecule has 46 heteroatoms. The van der Waals surface area contributed by atoms with Gasteiger partial charge in [0.05, 0.1) is 79.3 Å². The first-order valence-corrected chi connectivity index (χ1v) is 46.3. The zero-order valence-corrected chi connectivity index (χ0v) is 78.7. The molecule has 6 heterocycles. The second kappa shape index (κ2) is 60.2. The van der Waals surface area contributed by atoms with Gasteiger partial charge in [0, 0.05) is 173 Å². The van der Waals surface area contributed by atoms with Gasteiger partial charge in [-0.1, -0.05) is 38.5 Å². The van der Waals surface area contributed by atoms with Crippen LogP contribution in [0.1, 0.15) is 223 Å². The molecule has 11 N–H and O–H groups in total. The fourth-order valence-electron chi connectivity index (χ4n) is 16.0. The van der Waals surface area contributed by atoms with Crippen LogP contribution in [0.2, 0.25) is 0 Å². The van der Waals surface area contributed by atoms with Crippen molar-refractivity contribution in [3.63, 3.8) is 0 Å². The summed E-state index contributed by atoms with van der Waals surface area (Å²) in [5, 5.41) is 37.0. The molecule has 46 nitrogen and oxygen atoms in total. The van der Waals surface area contributed by atoms with Gasteiger partial charge in [0.2, 0.25) is 59.1 Å². The van der Waals surface area contributed by atoms with Crippen molar-refractivity contribution in [2.45, 2.75) is 319 Å². The molecule has 6 fully saturated rings. The number of nitrogens with one attached hydrogen (secondary N) is 10. The van der Waals surface area contributed by atoms with E-state index in [1.807, 2.05) is 0 Å². The summed E-state index contributed by atoms with van der Waals surface area (Å²) in [6.07, 6.45) is 0.227. The van der Waals surface area contributed by atoms with Crippen molar-refractivity contribution in [1.29, 1.82) is 0 Å². The van der Waals surface area contributed by atoms with E-state index >= 15 is 0 Å². The molecule has 10 amide bonds. The van der Waals surface area contributed by atoms with E-state index in [-0.39, 0.29) is 231 Å². The van der Waals surface area contributed by atoms with Gasteiger partial charge in [-0.2, -0.15) is 0 Å². The second-order valence-electron chi connectivity index (χ2n) is 34.2. The van der Waals surface area contributed by atoms with E-state index in [1.165, 1.54) is 62.3 Å². The molecular weight excluding hydrogens is 1770 g/mol. The molecule has 6 rings (SSSR count). The summed E-state index contributed by atoms with van der Waals surface area (Å²) in [4.78, 5) is 213. The summed E-state index contributed by atoms with van der Waals surface area (Å²) in [6, 6.07) is -2.93. The highest BCUT2D eigenvalue weighted by Gasteiger charge is 2.66. The number of carboxylic acid groups (broad SMARTS) is 1. The van der Waals surface area contributed by atoms with Crippen LogP contribution in [0.15, 0.2) is 0 Å². The molecule has 0 spiro atoms. The van der Waals surface area contributed by atoms with Crippen molar-refractivity contribution in [2.75, 3.05) is 138 Å². The van der Waals surface area contributed by atoms with Gasteiger partial charge in [-0.25, -0.2) is 0 Å². The van der Waals surface area contributed by atoms with E-state index < -0.39 is 155 Å². The molecule has 6 aliphatic rings. The number of esters is 6. The zero-order valence-electron chi connectivity index (χ0n) is 78.7. The van der Waals surface area contributed by atoms with Crippen molar-refractivity contribution in [2.24, 2.45) is 0 Å². The van der Waals surface area contributed by atoms with E-state index in [0.29, 0.717) is 70.6 Å². The van der Waals surface area contributed by atoms with Gasteiger partial charge in [0.15, 0.2) is 72.3 Å². The maximum Gasteiger partial charge on any atom is 0.303 e. The van der Waals surface area contributed by atoms with Crippen LogP contribution >= 0.6 is 0 Å². The number of carbonyl (C=O) groups excluding carboxylic acids is 16. The molecule has 0 radical (unpaired) electrons. The molecule has 15 atom stereocenters. The standard InChI is InChI=1S/C88H142N10O36/c1-56(99)95-73-76(126-59(4)102)79(129-62(7)105)86(53-123-82(73)132-86)50-117-41-21-18-27-65(108)89-35-24-38-92-68(111)32-44-120-47-85(98-71(114)30-16-14-12-10-11-13-15-17-31-72(115)116,48-121-45-33-69(112)93-39-25-36-90-66(109)28-19-22-42-118-51-87-54-124-83(133-87)74(96-57(2)100)77(127-60(5)103)80(87)130-63(8)106)49-122-46-34-70(113)94-40-26-37-91-67(110)29-20-23-43-119-52-88-55-125-84(134-88)75(97-58(3)101)78(128-61(6)104)81(88)131-64(9)107/h73-84H,10-55H2,1-9H3,(H,89,108)(H,90,109)(H,91,110)(H,92,111)(H,93,112)(H,94,113)(H,95,99)(H,96,100)(H,97,101)(H,98,114)(H,115,116)/t73-,74-,75-,76-,77-,78-,79-,80-,81-,82+,83+,84+,86+,87+,88+/m1/s1. The Hall–Kier alpha value is -9.49. The van der Waals surface area contributed by atoms with Crippen molar-refractivity contribution >= 4 is 101 Å². The Bertz CT molecular complexity index is 3470. The molecule has 0 aromatic carbocycles. The van der Waals surface area contributed by atoms with Gasteiger partial charge >= 0.3 is 41.8 Å². The first-order valence-electron chi connectivity index (χ1n) is 46.3. The Morgan fingerprint density at radius 1 is 0.291 bits per heavy atom. The average molecular weight is 1920 g/mol. The largest absolute Gasteiger partial charge is 0.481 e. The number of amides is 10. The third kappa shape index (κ3) is 41.2. The lowest BCUT2D eigenvalue weighted by atomic mass is 9.87. The van der Waals surface area contributed by atoms with Crippen LogP contribution in [0.5, 0.6) is 0 Å². The smallest absolute Gasteiger partial charge is 0.303 e. The zero-order chi connectivity index (χ0) is 98.1. The van der Waals surface area contributed by atoms with Gasteiger partial charge in [0.25, 0.3) is 0 Å². The maximum atomic E-state index is 14.0. The summed E-state index contributed by atoms with van der Waals surface area (Å²) in [5.41, 5.74) is -5.52. The first kappa shape index (κ1) is 113. The van der Waals surface area contributed by atoms with E-state index in [4.69, 9.17) is 90.4 Å². The van der Waals surface area contributed by atoms with Gasteiger partial charge in [-0.05, 0) is 70.6 Å². The lowest BCUT2D eigenvalue weighted by Crippen LogP contribution is -2.68. The van der Waals surface area contributed by atoms with Gasteiger partial charge < -0.3 is 144 Å². The number of carbonyl (C=O) groups is 17. The minimum atomic E-state index is -1.44. The molecule has 0 aromatic heterocycles. The summed E-state index contributed by atoms with van der Waals surface area (Å²) >= 11 is 0. The van der Waals surface area contributed by atoms with Crippen LogP contribution in [0.25, 0.3) is 0 Å². The van der Waals surface area contributed by atoms with E-state index in [1.54, 1.807) is 0 Å². The fraction of sp³-hybridized carbons (Fsp3) is 0.807. The maximum absolute atomic E-state index is 14.0. The number of aliphatic carboxylic acids is 1. The number of ether oxygens (including phenoxy) is 18. The molecule has 760 valence electrons. The summed E-state index contributed by atoms with van der Waals surface area (Å²) in [6.45, 7) is 10.9. The number of carboxylic acids is 1. The second-order valence-corrected chi connectivity index (χ2v) is 34.2. The Morgan fingerprint density at radius 3 is 0.799 bits per heavy atom. The molecule has 6 saturated heterocycles. The van der Waals surface area contributed by atoms with Crippen molar-refractivity contribution < 1.29 is 172 Å². The molecule has 0 saturated carbocycles. The van der Waals surface area contributed by atoms with Crippen molar-refractivity contribution in [1.82, 2.24) is 53.2 Å². The molecule has 6 aliphatic heterocycles. The highest BCUT2D eigenvalue weighted by molar-refractivity contribution is 5.80. The fourth-order valence-corrected chi connectivity index (χ4v) is 16.0. The SMILES string of the molecule is CC(=O)N[C@H]1[C@H]2OC[C@](COCCCCC(=O)NCCCNC(=O)CCOCC(COCCC(=O)NCCCNC(=O)CCCCOC[C@@]34CO[C@@H](O3)[C@H](NC(C)=O)[C@@H](OC(C)=O)[C@H]4OC(C)=O)(COCCC(=O)NCCCNC(=O)CCCCOC[C@@]34CO[C@@H](O3)[C@H](NC(C)=O)[C@@H](OC(C)=O)[C@H]4OC(C)=O)NC(=O)CCCCCCCCCCC(=O)O)(O2)[C@H](OC(C)=O)[C@@H]1OC(C)=O. The lowest BCUT2D eigenvalue weighted by molar-refractivity contribution is -0.251. The minimum Gasteiger partial charge on any atom is -0.481 e. The van der Waals surface area contributed by atoms with E-state index in [0.717, 1.165) is 38.5 Å². The quantitative estimate of drug-likeness (QED) is 0.0216. The number of hydrogen-bond donors (Lipinski definition) is 11. The summed E-state index contributed by atoms with van der Waals surface area (Å²) in [5.74, 6) is -8.52. The van der Waals surface area contributed by atoms with Crippen LogP contribution in [0, 0.1) is 0 Å².